The van der Waals surface area contributed by atoms with Crippen LogP contribution in [0.15, 0.2) is 42.5 Å². The molecule has 0 aliphatic rings. The molecule has 0 fully saturated rings. The van der Waals surface area contributed by atoms with Crippen LogP contribution >= 0.6 is 0 Å². The van der Waals surface area contributed by atoms with Crippen LogP contribution in [0.25, 0.3) is 22.2 Å². The van der Waals surface area contributed by atoms with Crippen LogP contribution in [0.5, 0.6) is 0 Å². The molecule has 3 aromatic rings. The molecule has 0 bridgehead atoms. The third-order valence-corrected chi connectivity index (χ3v) is 2.75. The number of anilines is 1. The minimum atomic E-state index is -0.302. The Morgan fingerprint density at radius 1 is 1.06 bits per heavy atom. The molecule has 84 valence electrons. The third kappa shape index (κ3) is 1.45. The molecule has 0 aliphatic carbocycles. The van der Waals surface area contributed by atoms with Crippen molar-refractivity contribution in [2.45, 2.75) is 0 Å². The molecule has 0 saturated heterocycles. The summed E-state index contributed by atoms with van der Waals surface area (Å²) in [4.78, 5) is 0. The van der Waals surface area contributed by atoms with Crippen LogP contribution in [0.4, 0.5) is 10.1 Å². The Balaban J connectivity index is 2.36. The largest absolute Gasteiger partial charge is 0.398 e. The highest BCUT2D eigenvalue weighted by atomic mass is 19.1. The molecule has 0 spiro atoms. The highest BCUT2D eigenvalue weighted by molar-refractivity contribution is 6.01. The molecular formula is C13H10FN3. The summed E-state index contributed by atoms with van der Waals surface area (Å²) in [5.74, 6) is -0.302. The summed E-state index contributed by atoms with van der Waals surface area (Å²) in [7, 11) is 0. The summed E-state index contributed by atoms with van der Waals surface area (Å²) in [5.41, 5.74) is 8.31. The SMILES string of the molecule is Nc1cccc2[nH]nc(-c3ccccc3F)c12. The first-order valence-electron chi connectivity index (χ1n) is 5.25. The first kappa shape index (κ1) is 9.84. The standard InChI is InChI=1S/C13H10FN3/c14-9-5-2-1-4-8(9)13-12-10(15)6-3-7-11(12)16-17-13/h1-7H,15H2,(H,16,17). The van der Waals surface area contributed by atoms with Gasteiger partial charge in [-0.3, -0.25) is 5.10 Å². The lowest BCUT2D eigenvalue weighted by Gasteiger charge is -2.01. The van der Waals surface area contributed by atoms with E-state index in [0.717, 1.165) is 10.9 Å². The summed E-state index contributed by atoms with van der Waals surface area (Å²) < 4.78 is 13.7. The molecule has 3 nitrogen and oxygen atoms in total. The van der Waals surface area contributed by atoms with E-state index in [0.29, 0.717) is 16.9 Å². The molecule has 2 aromatic carbocycles. The van der Waals surface area contributed by atoms with Crippen molar-refractivity contribution < 1.29 is 4.39 Å². The topological polar surface area (TPSA) is 54.7 Å². The Bertz CT molecular complexity index is 688. The molecule has 17 heavy (non-hydrogen) atoms. The maximum absolute atomic E-state index is 13.7. The predicted molar refractivity (Wildman–Crippen MR) is 65.9 cm³/mol. The zero-order valence-corrected chi connectivity index (χ0v) is 8.94. The number of halogens is 1. The average Bonchev–Trinajstić information content (AvgIpc) is 2.75. The Kier molecular flexibility index (Phi) is 2.08. The first-order chi connectivity index (χ1) is 8.27. The molecule has 1 heterocycles. The van der Waals surface area contributed by atoms with Crippen LogP contribution in [-0.2, 0) is 0 Å². The molecule has 0 atom stereocenters. The summed E-state index contributed by atoms with van der Waals surface area (Å²) in [5, 5.41) is 7.76. The van der Waals surface area contributed by atoms with Gasteiger partial charge in [-0.15, -0.1) is 0 Å². The fourth-order valence-electron chi connectivity index (χ4n) is 1.95. The molecule has 0 unspecified atom stereocenters. The fraction of sp³-hybridized carbons (Fsp3) is 0. The lowest BCUT2D eigenvalue weighted by atomic mass is 10.1. The number of aromatic nitrogens is 2. The van der Waals surface area contributed by atoms with Crippen LogP contribution in [-0.4, -0.2) is 10.2 Å². The summed E-state index contributed by atoms with van der Waals surface area (Å²) in [6, 6.07) is 12.0. The van der Waals surface area contributed by atoms with Crippen LogP contribution in [0.3, 0.4) is 0 Å². The summed E-state index contributed by atoms with van der Waals surface area (Å²) in [6.07, 6.45) is 0. The number of H-pyrrole nitrogens is 1. The predicted octanol–water partition coefficient (Wildman–Crippen LogP) is 2.95. The van der Waals surface area contributed by atoms with E-state index in [4.69, 9.17) is 5.73 Å². The molecule has 0 aliphatic heterocycles. The van der Waals surface area contributed by atoms with Gasteiger partial charge >= 0.3 is 0 Å². The number of nitrogens with zero attached hydrogens (tertiary/aromatic N) is 1. The number of rotatable bonds is 1. The van der Waals surface area contributed by atoms with E-state index in [-0.39, 0.29) is 5.82 Å². The Morgan fingerprint density at radius 2 is 1.88 bits per heavy atom. The zero-order chi connectivity index (χ0) is 11.8. The van der Waals surface area contributed by atoms with Gasteiger partial charge in [-0.05, 0) is 24.3 Å². The van der Waals surface area contributed by atoms with E-state index < -0.39 is 0 Å². The smallest absolute Gasteiger partial charge is 0.132 e. The van der Waals surface area contributed by atoms with E-state index in [1.54, 1.807) is 24.3 Å². The molecule has 1 aromatic heterocycles. The van der Waals surface area contributed by atoms with E-state index in [1.807, 2.05) is 12.1 Å². The zero-order valence-electron chi connectivity index (χ0n) is 8.94. The molecule has 0 saturated carbocycles. The molecule has 0 radical (unpaired) electrons. The third-order valence-electron chi connectivity index (χ3n) is 2.75. The second kappa shape index (κ2) is 3.59. The Hall–Kier alpha value is -2.36. The lowest BCUT2D eigenvalue weighted by molar-refractivity contribution is 0.631. The minimum absolute atomic E-state index is 0.302. The van der Waals surface area contributed by atoms with Crippen LogP contribution < -0.4 is 5.73 Å². The average molecular weight is 227 g/mol. The highest BCUT2D eigenvalue weighted by Crippen LogP contribution is 2.31. The number of nitrogens with one attached hydrogen (secondary N) is 1. The van der Waals surface area contributed by atoms with Crippen LogP contribution in [0, 0.1) is 5.82 Å². The molecule has 4 heteroatoms. The van der Waals surface area contributed by atoms with Crippen molar-refractivity contribution in [3.63, 3.8) is 0 Å². The Morgan fingerprint density at radius 3 is 2.71 bits per heavy atom. The summed E-state index contributed by atoms with van der Waals surface area (Å²) >= 11 is 0. The number of nitrogen functional groups attached to an aromatic ring is 1. The van der Waals surface area contributed by atoms with Crippen molar-refractivity contribution in [3.05, 3.63) is 48.3 Å². The van der Waals surface area contributed by atoms with Gasteiger partial charge in [0.05, 0.1) is 10.9 Å². The van der Waals surface area contributed by atoms with Gasteiger partial charge in [0.2, 0.25) is 0 Å². The van der Waals surface area contributed by atoms with Gasteiger partial charge in [0, 0.05) is 11.3 Å². The van der Waals surface area contributed by atoms with E-state index in [1.165, 1.54) is 6.07 Å². The lowest BCUT2D eigenvalue weighted by Crippen LogP contribution is -1.88. The quantitative estimate of drug-likeness (QED) is 0.628. The minimum Gasteiger partial charge on any atom is -0.398 e. The van der Waals surface area contributed by atoms with Crippen molar-refractivity contribution in [3.8, 4) is 11.3 Å². The van der Waals surface area contributed by atoms with Gasteiger partial charge in [-0.1, -0.05) is 18.2 Å². The van der Waals surface area contributed by atoms with Crippen molar-refractivity contribution in [1.29, 1.82) is 0 Å². The van der Waals surface area contributed by atoms with Gasteiger partial charge in [0.1, 0.15) is 11.5 Å². The first-order valence-corrected chi connectivity index (χ1v) is 5.25. The second-order valence-electron chi connectivity index (χ2n) is 3.82. The number of aromatic amines is 1. The molecule has 3 rings (SSSR count). The fourth-order valence-corrected chi connectivity index (χ4v) is 1.95. The van der Waals surface area contributed by atoms with Crippen molar-refractivity contribution in [2.75, 3.05) is 5.73 Å². The van der Waals surface area contributed by atoms with E-state index >= 15 is 0 Å². The maximum atomic E-state index is 13.7. The van der Waals surface area contributed by atoms with Crippen LogP contribution in [0.1, 0.15) is 0 Å². The van der Waals surface area contributed by atoms with Crippen molar-refractivity contribution in [2.24, 2.45) is 0 Å². The van der Waals surface area contributed by atoms with Gasteiger partial charge in [0.15, 0.2) is 0 Å². The number of nitrogens with two attached hydrogens (primary N) is 1. The monoisotopic (exact) mass is 227 g/mol. The van der Waals surface area contributed by atoms with E-state index in [9.17, 15) is 4.39 Å². The highest BCUT2D eigenvalue weighted by Gasteiger charge is 2.13. The molecule has 3 N–H and O–H groups in total. The van der Waals surface area contributed by atoms with Gasteiger partial charge in [-0.25, -0.2) is 4.39 Å². The second-order valence-corrected chi connectivity index (χ2v) is 3.82. The van der Waals surface area contributed by atoms with E-state index in [2.05, 4.69) is 10.2 Å². The van der Waals surface area contributed by atoms with Crippen molar-refractivity contribution in [1.82, 2.24) is 10.2 Å². The number of benzene rings is 2. The maximum Gasteiger partial charge on any atom is 0.132 e. The van der Waals surface area contributed by atoms with Crippen molar-refractivity contribution >= 4 is 16.6 Å². The molecule has 0 amide bonds. The Labute approximate surface area is 97.1 Å². The van der Waals surface area contributed by atoms with Gasteiger partial charge in [-0.2, -0.15) is 5.10 Å². The summed E-state index contributed by atoms with van der Waals surface area (Å²) in [6.45, 7) is 0. The normalized spacial score (nSPS) is 10.9. The number of hydrogen-bond donors (Lipinski definition) is 2. The number of fused-ring (bicyclic) bond motifs is 1. The van der Waals surface area contributed by atoms with Gasteiger partial charge in [0.25, 0.3) is 0 Å². The van der Waals surface area contributed by atoms with Gasteiger partial charge < -0.3 is 5.73 Å². The molecular weight excluding hydrogens is 217 g/mol. The van der Waals surface area contributed by atoms with Crippen LogP contribution in [0.2, 0.25) is 0 Å². The number of hydrogen-bond acceptors (Lipinski definition) is 2.